The van der Waals surface area contributed by atoms with Crippen LogP contribution in [0, 0.1) is 11.8 Å². The summed E-state index contributed by atoms with van der Waals surface area (Å²) in [5.41, 5.74) is 0.605. The van der Waals surface area contributed by atoms with Gasteiger partial charge in [-0.3, -0.25) is 9.59 Å². The van der Waals surface area contributed by atoms with Crippen molar-refractivity contribution in [3.63, 3.8) is 0 Å². The van der Waals surface area contributed by atoms with E-state index in [0.29, 0.717) is 36.3 Å². The average molecular weight is 329 g/mol. The number of nitrogens with one attached hydrogen (secondary N) is 1. The summed E-state index contributed by atoms with van der Waals surface area (Å²) in [5.74, 6) is 1.48. The van der Waals surface area contributed by atoms with Gasteiger partial charge in [0.25, 0.3) is 5.91 Å². The van der Waals surface area contributed by atoms with Gasteiger partial charge in [0.2, 0.25) is 0 Å². The van der Waals surface area contributed by atoms with Gasteiger partial charge in [-0.2, -0.15) is 0 Å². The molecule has 1 saturated heterocycles. The molecule has 1 aromatic heterocycles. The molecule has 1 aliphatic heterocycles. The summed E-state index contributed by atoms with van der Waals surface area (Å²) in [6.45, 7) is 5.40. The SMILES string of the molecule is CC(C)CC(=O)C1CCCN(C(=O)c2ccc(NC3CC3)nc2)C1. The fraction of sp³-hybridized carbons (Fsp3) is 0.632. The van der Waals surface area contributed by atoms with Crippen LogP contribution in [0.3, 0.4) is 0 Å². The second kappa shape index (κ2) is 7.32. The number of carbonyl (C=O) groups excluding carboxylic acids is 2. The van der Waals surface area contributed by atoms with Crippen molar-refractivity contribution in [2.45, 2.75) is 52.0 Å². The van der Waals surface area contributed by atoms with E-state index in [1.807, 2.05) is 17.0 Å². The van der Waals surface area contributed by atoms with E-state index in [4.69, 9.17) is 0 Å². The van der Waals surface area contributed by atoms with Crippen LogP contribution in [-0.2, 0) is 4.79 Å². The molecule has 2 heterocycles. The Hall–Kier alpha value is -1.91. The molecule has 3 rings (SSSR count). The number of carbonyl (C=O) groups is 2. The lowest BCUT2D eigenvalue weighted by Gasteiger charge is -2.32. The van der Waals surface area contributed by atoms with Gasteiger partial charge in [0.05, 0.1) is 5.56 Å². The fourth-order valence-electron chi connectivity index (χ4n) is 3.22. The Labute approximate surface area is 143 Å². The van der Waals surface area contributed by atoms with Crippen LogP contribution in [0.25, 0.3) is 0 Å². The molecule has 1 saturated carbocycles. The summed E-state index contributed by atoms with van der Waals surface area (Å²) >= 11 is 0. The van der Waals surface area contributed by atoms with Gasteiger partial charge < -0.3 is 10.2 Å². The van der Waals surface area contributed by atoms with Gasteiger partial charge in [-0.15, -0.1) is 0 Å². The van der Waals surface area contributed by atoms with E-state index in [1.54, 1.807) is 6.20 Å². The molecule has 1 aromatic rings. The predicted octanol–water partition coefficient (Wildman–Crippen LogP) is 3.12. The molecule has 1 N–H and O–H groups in total. The first-order valence-electron chi connectivity index (χ1n) is 9.07. The third-order valence-corrected chi connectivity index (χ3v) is 4.71. The van der Waals surface area contributed by atoms with Crippen molar-refractivity contribution in [3.05, 3.63) is 23.9 Å². The number of aromatic nitrogens is 1. The van der Waals surface area contributed by atoms with Crippen LogP contribution in [0.15, 0.2) is 18.3 Å². The monoisotopic (exact) mass is 329 g/mol. The number of hydrogen-bond donors (Lipinski definition) is 1. The molecule has 0 spiro atoms. The minimum Gasteiger partial charge on any atom is -0.367 e. The van der Waals surface area contributed by atoms with E-state index in [9.17, 15) is 9.59 Å². The van der Waals surface area contributed by atoms with Crippen molar-refractivity contribution in [2.24, 2.45) is 11.8 Å². The van der Waals surface area contributed by atoms with Gasteiger partial charge in [-0.05, 0) is 43.7 Å². The van der Waals surface area contributed by atoms with Crippen LogP contribution in [0.5, 0.6) is 0 Å². The second-order valence-electron chi connectivity index (χ2n) is 7.51. The summed E-state index contributed by atoms with van der Waals surface area (Å²) in [7, 11) is 0. The van der Waals surface area contributed by atoms with Crippen LogP contribution in [-0.4, -0.2) is 40.7 Å². The molecule has 2 aliphatic rings. The lowest BCUT2D eigenvalue weighted by atomic mass is 9.89. The molecule has 1 amide bonds. The van der Waals surface area contributed by atoms with Crippen molar-refractivity contribution < 1.29 is 9.59 Å². The van der Waals surface area contributed by atoms with E-state index in [-0.39, 0.29) is 11.8 Å². The number of nitrogens with zero attached hydrogens (tertiary/aromatic N) is 2. The Morgan fingerprint density at radius 1 is 1.29 bits per heavy atom. The summed E-state index contributed by atoms with van der Waals surface area (Å²) in [5, 5.41) is 3.32. The van der Waals surface area contributed by atoms with Gasteiger partial charge in [-0.25, -0.2) is 4.98 Å². The first kappa shape index (κ1) is 16.9. The van der Waals surface area contributed by atoms with Gasteiger partial charge in [0.1, 0.15) is 11.6 Å². The predicted molar refractivity (Wildman–Crippen MR) is 94.0 cm³/mol. The highest BCUT2D eigenvalue weighted by Gasteiger charge is 2.29. The maximum Gasteiger partial charge on any atom is 0.255 e. The highest BCUT2D eigenvalue weighted by Crippen LogP contribution is 2.24. The lowest BCUT2D eigenvalue weighted by Crippen LogP contribution is -2.42. The smallest absolute Gasteiger partial charge is 0.255 e. The number of hydrogen-bond acceptors (Lipinski definition) is 4. The molecule has 0 bridgehead atoms. The lowest BCUT2D eigenvalue weighted by molar-refractivity contribution is -0.124. The van der Waals surface area contributed by atoms with Gasteiger partial charge in [0, 0.05) is 37.7 Å². The fourth-order valence-corrected chi connectivity index (χ4v) is 3.22. The zero-order valence-corrected chi connectivity index (χ0v) is 14.6. The molecular formula is C19H27N3O2. The summed E-state index contributed by atoms with van der Waals surface area (Å²) in [6, 6.07) is 4.25. The van der Waals surface area contributed by atoms with Gasteiger partial charge >= 0.3 is 0 Å². The second-order valence-corrected chi connectivity index (χ2v) is 7.51. The van der Waals surface area contributed by atoms with Crippen LogP contribution in [0.2, 0.25) is 0 Å². The third-order valence-electron chi connectivity index (χ3n) is 4.71. The molecule has 0 radical (unpaired) electrons. The molecule has 5 nitrogen and oxygen atoms in total. The standard InChI is InChI=1S/C19H27N3O2/c1-13(2)10-17(23)15-4-3-9-22(12-15)19(24)14-5-8-18(20-11-14)21-16-6-7-16/h5,8,11,13,15-16H,3-4,6-7,9-10,12H2,1-2H3,(H,20,21). The van der Waals surface area contributed by atoms with Crippen LogP contribution in [0.1, 0.15) is 56.3 Å². The Morgan fingerprint density at radius 3 is 2.71 bits per heavy atom. The van der Waals surface area contributed by atoms with Crippen LogP contribution >= 0.6 is 0 Å². The molecular weight excluding hydrogens is 302 g/mol. The van der Waals surface area contributed by atoms with Crippen LogP contribution < -0.4 is 5.32 Å². The molecule has 0 aromatic carbocycles. The van der Waals surface area contributed by atoms with Gasteiger partial charge in [0.15, 0.2) is 0 Å². The number of pyridine rings is 1. The highest BCUT2D eigenvalue weighted by atomic mass is 16.2. The zero-order chi connectivity index (χ0) is 17.1. The molecule has 1 aliphatic carbocycles. The summed E-state index contributed by atoms with van der Waals surface area (Å²) < 4.78 is 0. The number of amides is 1. The highest BCUT2D eigenvalue weighted by molar-refractivity contribution is 5.94. The Morgan fingerprint density at radius 2 is 2.08 bits per heavy atom. The van der Waals surface area contributed by atoms with E-state index >= 15 is 0 Å². The van der Waals surface area contributed by atoms with Crippen molar-refractivity contribution >= 4 is 17.5 Å². The topological polar surface area (TPSA) is 62.3 Å². The first-order chi connectivity index (χ1) is 11.5. The number of rotatable bonds is 6. The largest absolute Gasteiger partial charge is 0.367 e. The minimum absolute atomic E-state index is 0.00568. The Kier molecular flexibility index (Phi) is 5.17. The van der Waals surface area contributed by atoms with Crippen molar-refractivity contribution in [1.82, 2.24) is 9.88 Å². The number of likely N-dealkylation sites (tertiary alicyclic amines) is 1. The van der Waals surface area contributed by atoms with Crippen molar-refractivity contribution in [1.29, 1.82) is 0 Å². The normalized spacial score (nSPS) is 21.0. The Balaban J connectivity index is 1.60. The molecule has 24 heavy (non-hydrogen) atoms. The number of anilines is 1. The molecule has 1 unspecified atom stereocenters. The van der Waals surface area contributed by atoms with E-state index in [1.165, 1.54) is 12.8 Å². The minimum atomic E-state index is -0.0116. The van der Waals surface area contributed by atoms with E-state index in [0.717, 1.165) is 25.2 Å². The molecule has 1 atom stereocenters. The molecule has 2 fully saturated rings. The summed E-state index contributed by atoms with van der Waals surface area (Å²) in [6.07, 6.45) is 6.44. The van der Waals surface area contributed by atoms with Crippen molar-refractivity contribution in [2.75, 3.05) is 18.4 Å². The van der Waals surface area contributed by atoms with Gasteiger partial charge in [-0.1, -0.05) is 13.8 Å². The maximum absolute atomic E-state index is 12.7. The van der Waals surface area contributed by atoms with Crippen LogP contribution in [0.4, 0.5) is 5.82 Å². The summed E-state index contributed by atoms with van der Waals surface area (Å²) in [4.78, 5) is 31.2. The third kappa shape index (κ3) is 4.34. The quantitative estimate of drug-likeness (QED) is 0.871. The first-order valence-corrected chi connectivity index (χ1v) is 9.07. The molecule has 5 heteroatoms. The maximum atomic E-state index is 12.7. The number of piperidine rings is 1. The number of ketones is 1. The Bertz CT molecular complexity index is 593. The zero-order valence-electron chi connectivity index (χ0n) is 14.6. The molecule has 130 valence electrons. The number of Topliss-reactive ketones (excluding diaryl/α,β-unsaturated/α-hetero) is 1. The van der Waals surface area contributed by atoms with E-state index < -0.39 is 0 Å². The average Bonchev–Trinajstić information content (AvgIpc) is 3.38. The van der Waals surface area contributed by atoms with Crippen molar-refractivity contribution in [3.8, 4) is 0 Å². The van der Waals surface area contributed by atoms with E-state index in [2.05, 4.69) is 24.1 Å².